The van der Waals surface area contributed by atoms with Crippen LogP contribution in [0.15, 0.2) is 54.6 Å². The van der Waals surface area contributed by atoms with Crippen LogP contribution in [0, 0.1) is 0 Å². The molecular formula is C21H18ClN3O2. The number of fused-ring (bicyclic) bond motifs is 1. The highest BCUT2D eigenvalue weighted by Crippen LogP contribution is 2.31. The van der Waals surface area contributed by atoms with Crippen LogP contribution in [0.2, 0.25) is 5.02 Å². The third-order valence-corrected chi connectivity index (χ3v) is 4.89. The third kappa shape index (κ3) is 3.51. The number of rotatable bonds is 2. The molecule has 4 rings (SSSR count). The number of benzene rings is 2. The third-order valence-electron chi connectivity index (χ3n) is 4.64. The lowest BCUT2D eigenvalue weighted by atomic mass is 9.99. The van der Waals surface area contributed by atoms with Crippen molar-refractivity contribution in [2.24, 2.45) is 0 Å². The number of methoxy groups -OCH3 is 1. The van der Waals surface area contributed by atoms with Gasteiger partial charge in [0.25, 0.3) is 0 Å². The first-order chi connectivity index (χ1) is 13.2. The van der Waals surface area contributed by atoms with Crippen molar-refractivity contribution in [1.29, 1.82) is 0 Å². The van der Waals surface area contributed by atoms with Crippen LogP contribution in [0.5, 0.6) is 0 Å². The first-order valence-corrected chi connectivity index (χ1v) is 9.07. The maximum absolute atomic E-state index is 12.0. The van der Waals surface area contributed by atoms with Gasteiger partial charge in [-0.2, -0.15) is 0 Å². The first kappa shape index (κ1) is 17.5. The van der Waals surface area contributed by atoms with Gasteiger partial charge in [0.15, 0.2) is 5.82 Å². The van der Waals surface area contributed by atoms with Gasteiger partial charge in [0.1, 0.15) is 0 Å². The maximum Gasteiger partial charge on any atom is 0.409 e. The van der Waals surface area contributed by atoms with Gasteiger partial charge < -0.3 is 9.64 Å². The van der Waals surface area contributed by atoms with E-state index in [1.807, 2.05) is 54.6 Å². The molecule has 0 atom stereocenters. The zero-order chi connectivity index (χ0) is 18.8. The smallest absolute Gasteiger partial charge is 0.409 e. The number of ether oxygens (including phenoxy) is 1. The van der Waals surface area contributed by atoms with Crippen molar-refractivity contribution in [1.82, 2.24) is 14.9 Å². The molecule has 1 aliphatic heterocycles. The molecule has 0 unspecified atom stereocenters. The Labute approximate surface area is 162 Å². The number of carbonyl (C=O) groups excluding carboxylic acids is 1. The van der Waals surface area contributed by atoms with Crippen molar-refractivity contribution in [2.75, 3.05) is 13.7 Å². The Balaban J connectivity index is 1.85. The zero-order valence-corrected chi connectivity index (χ0v) is 15.6. The van der Waals surface area contributed by atoms with Crippen LogP contribution >= 0.6 is 11.6 Å². The summed E-state index contributed by atoms with van der Waals surface area (Å²) in [5.74, 6) is 0.663. The summed E-state index contributed by atoms with van der Waals surface area (Å²) in [5, 5.41) is 0.675. The minimum absolute atomic E-state index is 0.332. The maximum atomic E-state index is 12.0. The van der Waals surface area contributed by atoms with E-state index in [-0.39, 0.29) is 6.09 Å². The molecule has 1 aliphatic rings. The topological polar surface area (TPSA) is 55.3 Å². The molecule has 1 aromatic heterocycles. The van der Waals surface area contributed by atoms with E-state index in [2.05, 4.69) is 0 Å². The fraction of sp³-hybridized carbons (Fsp3) is 0.190. The molecule has 6 heteroatoms. The highest BCUT2D eigenvalue weighted by Gasteiger charge is 2.26. The highest BCUT2D eigenvalue weighted by atomic mass is 35.5. The van der Waals surface area contributed by atoms with E-state index < -0.39 is 0 Å². The summed E-state index contributed by atoms with van der Waals surface area (Å²) in [6.45, 7) is 1.01. The Morgan fingerprint density at radius 2 is 1.78 bits per heavy atom. The van der Waals surface area contributed by atoms with Crippen LogP contribution in [0.25, 0.3) is 22.6 Å². The van der Waals surface area contributed by atoms with E-state index in [0.29, 0.717) is 30.4 Å². The van der Waals surface area contributed by atoms with Gasteiger partial charge in [-0.3, -0.25) is 0 Å². The normalized spacial score (nSPS) is 13.2. The second kappa shape index (κ2) is 7.37. The molecule has 2 heterocycles. The molecule has 0 fully saturated rings. The van der Waals surface area contributed by atoms with Crippen molar-refractivity contribution < 1.29 is 9.53 Å². The van der Waals surface area contributed by atoms with Gasteiger partial charge in [0.05, 0.1) is 25.0 Å². The number of amides is 1. The Morgan fingerprint density at radius 3 is 2.48 bits per heavy atom. The van der Waals surface area contributed by atoms with Crippen molar-refractivity contribution >= 4 is 17.7 Å². The van der Waals surface area contributed by atoms with Gasteiger partial charge in [0.2, 0.25) is 0 Å². The first-order valence-electron chi connectivity index (χ1n) is 8.70. The van der Waals surface area contributed by atoms with Gasteiger partial charge in [-0.25, -0.2) is 14.8 Å². The van der Waals surface area contributed by atoms with E-state index in [0.717, 1.165) is 28.1 Å². The van der Waals surface area contributed by atoms with E-state index >= 15 is 0 Å². The van der Waals surface area contributed by atoms with Gasteiger partial charge >= 0.3 is 6.09 Å². The lowest BCUT2D eigenvalue weighted by Gasteiger charge is -2.28. The second-order valence-corrected chi connectivity index (χ2v) is 6.77. The van der Waals surface area contributed by atoms with Crippen LogP contribution < -0.4 is 0 Å². The summed E-state index contributed by atoms with van der Waals surface area (Å²) >= 11 is 6.01. The summed E-state index contributed by atoms with van der Waals surface area (Å²) in [6.07, 6.45) is 0.328. The highest BCUT2D eigenvalue weighted by molar-refractivity contribution is 6.30. The largest absolute Gasteiger partial charge is 0.453 e. The standard InChI is InChI=1S/C21H18ClN3O2/c1-27-21(26)25-12-11-18-17(13-25)19(14-5-3-2-4-6-14)24-20(23-18)15-7-9-16(22)10-8-15/h2-10H,11-13H2,1H3. The van der Waals surface area contributed by atoms with E-state index in [9.17, 15) is 4.79 Å². The molecule has 5 nitrogen and oxygen atoms in total. The lowest BCUT2D eigenvalue weighted by molar-refractivity contribution is 0.118. The van der Waals surface area contributed by atoms with Gasteiger partial charge in [-0.1, -0.05) is 41.9 Å². The number of carbonyl (C=O) groups is 1. The molecule has 0 aliphatic carbocycles. The minimum atomic E-state index is -0.332. The van der Waals surface area contributed by atoms with Crippen LogP contribution in [0.1, 0.15) is 11.3 Å². The number of aromatic nitrogens is 2. The average Bonchev–Trinajstić information content (AvgIpc) is 2.73. The zero-order valence-electron chi connectivity index (χ0n) is 14.9. The number of halogens is 1. The molecule has 0 saturated carbocycles. The van der Waals surface area contributed by atoms with Crippen LogP contribution in [0.4, 0.5) is 4.79 Å². The Hall–Kier alpha value is -2.92. The van der Waals surface area contributed by atoms with E-state index in [4.69, 9.17) is 26.3 Å². The van der Waals surface area contributed by atoms with Crippen molar-refractivity contribution in [3.8, 4) is 22.6 Å². The number of hydrogen-bond acceptors (Lipinski definition) is 4. The molecular weight excluding hydrogens is 362 g/mol. The van der Waals surface area contributed by atoms with Crippen LogP contribution in [0.3, 0.4) is 0 Å². The molecule has 0 bridgehead atoms. The average molecular weight is 380 g/mol. The molecule has 0 spiro atoms. The molecule has 136 valence electrons. The SMILES string of the molecule is COC(=O)N1CCc2nc(-c3ccc(Cl)cc3)nc(-c3ccccc3)c2C1. The van der Waals surface area contributed by atoms with E-state index in [1.165, 1.54) is 7.11 Å². The van der Waals surface area contributed by atoms with Gasteiger partial charge in [-0.05, 0) is 24.3 Å². The van der Waals surface area contributed by atoms with Crippen LogP contribution in [-0.4, -0.2) is 34.6 Å². The predicted octanol–water partition coefficient (Wildman–Crippen LogP) is 4.59. The summed E-state index contributed by atoms with van der Waals surface area (Å²) in [7, 11) is 1.40. The second-order valence-electron chi connectivity index (χ2n) is 6.34. The molecule has 1 amide bonds. The summed E-state index contributed by atoms with van der Waals surface area (Å²) < 4.78 is 4.89. The summed E-state index contributed by atoms with van der Waals surface area (Å²) in [4.78, 5) is 23.3. The van der Waals surface area contributed by atoms with Crippen molar-refractivity contribution in [3.05, 3.63) is 70.9 Å². The molecule has 0 saturated heterocycles. The predicted molar refractivity (Wildman–Crippen MR) is 104 cm³/mol. The fourth-order valence-electron chi connectivity index (χ4n) is 3.26. The fourth-order valence-corrected chi connectivity index (χ4v) is 3.39. The van der Waals surface area contributed by atoms with Crippen molar-refractivity contribution in [3.63, 3.8) is 0 Å². The Kier molecular flexibility index (Phi) is 4.77. The number of nitrogens with zero attached hydrogens (tertiary/aromatic N) is 3. The van der Waals surface area contributed by atoms with Gasteiger partial charge in [0, 0.05) is 34.7 Å². The lowest BCUT2D eigenvalue weighted by Crippen LogP contribution is -2.36. The quantitative estimate of drug-likeness (QED) is 0.653. The van der Waals surface area contributed by atoms with Crippen LogP contribution in [-0.2, 0) is 17.7 Å². The van der Waals surface area contributed by atoms with E-state index in [1.54, 1.807) is 4.90 Å². The molecule has 0 radical (unpaired) electrons. The Bertz CT molecular complexity index is 975. The minimum Gasteiger partial charge on any atom is -0.453 e. The summed E-state index contributed by atoms with van der Waals surface area (Å²) in [6, 6.07) is 17.5. The number of hydrogen-bond donors (Lipinski definition) is 0. The Morgan fingerprint density at radius 1 is 1.04 bits per heavy atom. The molecule has 27 heavy (non-hydrogen) atoms. The monoisotopic (exact) mass is 379 g/mol. The van der Waals surface area contributed by atoms with Crippen molar-refractivity contribution in [2.45, 2.75) is 13.0 Å². The van der Waals surface area contributed by atoms with Gasteiger partial charge in [-0.15, -0.1) is 0 Å². The molecule has 2 aromatic carbocycles. The molecule has 3 aromatic rings. The molecule has 0 N–H and O–H groups in total. The summed E-state index contributed by atoms with van der Waals surface area (Å²) in [5.41, 5.74) is 4.69.